The van der Waals surface area contributed by atoms with Crippen molar-refractivity contribution in [3.05, 3.63) is 273 Å². The number of hydrogen-bond donors (Lipinski definition) is 1. The molecule has 0 fully saturated rings. The van der Waals surface area contributed by atoms with Gasteiger partial charge in [-0.1, -0.05) is 176 Å². The first kappa shape index (κ1) is 39.5. The first-order valence-electron chi connectivity index (χ1n) is 21.7. The first-order valence-corrected chi connectivity index (χ1v) is 21.7. The molecule has 0 amide bonds. The van der Waals surface area contributed by atoms with E-state index in [0.717, 1.165) is 84.8 Å². The minimum Gasteiger partial charge on any atom is -0.354 e. The first-order chi connectivity index (χ1) is 31.8. The summed E-state index contributed by atoms with van der Waals surface area (Å²) >= 11 is 0. The van der Waals surface area contributed by atoms with Crippen molar-refractivity contribution >= 4 is 62.6 Å². The monoisotopic (exact) mass is 822 g/mol. The van der Waals surface area contributed by atoms with Gasteiger partial charge in [-0.15, -0.1) is 0 Å². The lowest BCUT2D eigenvalue weighted by atomic mass is 9.95. The van der Waals surface area contributed by atoms with E-state index in [1.807, 2.05) is 0 Å². The molecule has 0 radical (unpaired) electrons. The highest BCUT2D eigenvalue weighted by atomic mass is 15.2. The van der Waals surface area contributed by atoms with Crippen LogP contribution in [0.3, 0.4) is 0 Å². The van der Waals surface area contributed by atoms with E-state index in [0.29, 0.717) is 0 Å². The van der Waals surface area contributed by atoms with Gasteiger partial charge in [0.1, 0.15) is 0 Å². The standard InChI is InChI=1S/C60H46N4/c1-8-24-46(25-9-1)58-40-23-41-59(47-26-10-2-11-27-47)60(58)61-48-28-22-39-54(42-48)64(53-37-20-7-21-38-53)57-44-55(62(49-29-12-3-13-30-49)50-31-14-4-15-32-50)43-56(45-57)63(51-33-16-5-17-34-51)52-35-18-6-19-36-52/h1-45,61H. The number of hydrogen-bond acceptors (Lipinski definition) is 4. The maximum absolute atomic E-state index is 3.94. The normalized spacial score (nSPS) is 10.8. The summed E-state index contributed by atoms with van der Waals surface area (Å²) < 4.78 is 0. The molecule has 4 heteroatoms. The zero-order valence-electron chi connectivity index (χ0n) is 35.3. The largest absolute Gasteiger partial charge is 0.354 e. The summed E-state index contributed by atoms with van der Waals surface area (Å²) in [7, 11) is 0. The van der Waals surface area contributed by atoms with Crippen LogP contribution in [-0.2, 0) is 0 Å². The average molecular weight is 823 g/mol. The van der Waals surface area contributed by atoms with Gasteiger partial charge in [0.2, 0.25) is 0 Å². The van der Waals surface area contributed by atoms with Crippen LogP contribution < -0.4 is 20.0 Å². The SMILES string of the molecule is c1ccc(-c2cccc(-c3ccccc3)c2Nc2cccc(N(c3ccccc3)c3cc(N(c4ccccc4)c4ccccc4)cc(N(c4ccccc4)c4ccccc4)c3)c2)cc1. The maximum Gasteiger partial charge on any atom is 0.0543 e. The number of nitrogens with zero attached hydrogens (tertiary/aromatic N) is 3. The van der Waals surface area contributed by atoms with Gasteiger partial charge < -0.3 is 20.0 Å². The van der Waals surface area contributed by atoms with E-state index in [9.17, 15) is 0 Å². The highest BCUT2D eigenvalue weighted by Crippen LogP contribution is 2.47. The fraction of sp³-hybridized carbons (Fsp3) is 0. The predicted molar refractivity (Wildman–Crippen MR) is 271 cm³/mol. The Morgan fingerprint density at radius 1 is 0.219 bits per heavy atom. The van der Waals surface area contributed by atoms with Gasteiger partial charge in [-0.25, -0.2) is 0 Å². The molecular formula is C60H46N4. The summed E-state index contributed by atoms with van der Waals surface area (Å²) in [6.45, 7) is 0. The minimum absolute atomic E-state index is 0.973. The second-order valence-corrected chi connectivity index (χ2v) is 15.5. The molecule has 1 N–H and O–H groups in total. The molecule has 0 spiro atoms. The van der Waals surface area contributed by atoms with Crippen molar-refractivity contribution in [3.8, 4) is 22.3 Å². The molecule has 0 atom stereocenters. The van der Waals surface area contributed by atoms with Gasteiger partial charge in [-0.05, 0) is 108 Å². The van der Waals surface area contributed by atoms with Crippen LogP contribution >= 0.6 is 0 Å². The molecule has 0 unspecified atom stereocenters. The molecule has 0 bridgehead atoms. The van der Waals surface area contributed by atoms with Gasteiger partial charge in [0.25, 0.3) is 0 Å². The Morgan fingerprint density at radius 3 is 0.844 bits per heavy atom. The summed E-state index contributed by atoms with van der Waals surface area (Å²) in [5.41, 5.74) is 15.9. The highest BCUT2D eigenvalue weighted by molar-refractivity contribution is 5.94. The fourth-order valence-electron chi connectivity index (χ4n) is 8.46. The van der Waals surface area contributed by atoms with Crippen molar-refractivity contribution in [1.29, 1.82) is 0 Å². The van der Waals surface area contributed by atoms with E-state index in [2.05, 4.69) is 293 Å². The molecule has 4 nitrogen and oxygen atoms in total. The lowest BCUT2D eigenvalue weighted by Gasteiger charge is -2.33. The lowest BCUT2D eigenvalue weighted by molar-refractivity contribution is 1.22. The molecule has 64 heavy (non-hydrogen) atoms. The Bertz CT molecular complexity index is 2820. The van der Waals surface area contributed by atoms with E-state index in [1.165, 1.54) is 0 Å². The van der Waals surface area contributed by atoms with E-state index in [-0.39, 0.29) is 0 Å². The fourth-order valence-corrected chi connectivity index (χ4v) is 8.46. The third-order valence-corrected chi connectivity index (χ3v) is 11.3. The molecule has 0 saturated heterocycles. The van der Waals surface area contributed by atoms with Crippen LogP contribution in [0.5, 0.6) is 0 Å². The van der Waals surface area contributed by atoms with Gasteiger partial charge in [0.15, 0.2) is 0 Å². The Balaban J connectivity index is 1.18. The second-order valence-electron chi connectivity index (χ2n) is 15.5. The lowest BCUT2D eigenvalue weighted by Crippen LogP contribution is -2.16. The third kappa shape index (κ3) is 8.49. The number of para-hydroxylation sites is 6. The van der Waals surface area contributed by atoms with Crippen LogP contribution in [0.15, 0.2) is 273 Å². The van der Waals surface area contributed by atoms with E-state index in [4.69, 9.17) is 0 Å². The molecular weight excluding hydrogens is 777 g/mol. The summed E-state index contributed by atoms with van der Waals surface area (Å²) in [5.74, 6) is 0. The molecule has 10 aromatic carbocycles. The van der Waals surface area contributed by atoms with Gasteiger partial charge in [-0.2, -0.15) is 0 Å². The number of nitrogens with one attached hydrogen (secondary N) is 1. The minimum atomic E-state index is 0.973. The van der Waals surface area contributed by atoms with Crippen LogP contribution in [0.25, 0.3) is 22.3 Å². The van der Waals surface area contributed by atoms with Crippen molar-refractivity contribution in [1.82, 2.24) is 0 Å². The zero-order chi connectivity index (χ0) is 42.9. The van der Waals surface area contributed by atoms with Crippen molar-refractivity contribution in [3.63, 3.8) is 0 Å². The summed E-state index contributed by atoms with van der Waals surface area (Å²) in [4.78, 5) is 7.05. The maximum atomic E-state index is 3.94. The molecule has 0 aliphatic carbocycles. The average Bonchev–Trinajstić information content (AvgIpc) is 3.37. The van der Waals surface area contributed by atoms with Crippen molar-refractivity contribution in [2.45, 2.75) is 0 Å². The third-order valence-electron chi connectivity index (χ3n) is 11.3. The Morgan fingerprint density at radius 2 is 0.500 bits per heavy atom. The summed E-state index contributed by atoms with van der Waals surface area (Å²) in [6.07, 6.45) is 0. The molecule has 0 aliphatic heterocycles. The van der Waals surface area contributed by atoms with Gasteiger partial charge in [-0.3, -0.25) is 0 Å². The molecule has 0 aliphatic rings. The second kappa shape index (κ2) is 18.6. The van der Waals surface area contributed by atoms with Crippen molar-refractivity contribution in [2.75, 3.05) is 20.0 Å². The van der Waals surface area contributed by atoms with Crippen molar-refractivity contribution < 1.29 is 0 Å². The quantitative estimate of drug-likeness (QED) is 0.125. The van der Waals surface area contributed by atoms with Gasteiger partial charge in [0, 0.05) is 50.9 Å². The molecule has 306 valence electrons. The smallest absolute Gasteiger partial charge is 0.0543 e. The van der Waals surface area contributed by atoms with Gasteiger partial charge in [0.05, 0.1) is 22.7 Å². The predicted octanol–water partition coefficient (Wildman–Crippen LogP) is 17.2. The molecule has 10 rings (SSSR count). The Hall–Kier alpha value is -8.60. The Kier molecular flexibility index (Phi) is 11.5. The Labute approximate surface area is 376 Å². The molecule has 10 aromatic rings. The van der Waals surface area contributed by atoms with E-state index < -0.39 is 0 Å². The number of rotatable bonds is 13. The van der Waals surface area contributed by atoms with Crippen LogP contribution in [0.2, 0.25) is 0 Å². The molecule has 0 saturated carbocycles. The van der Waals surface area contributed by atoms with Crippen LogP contribution in [0.1, 0.15) is 0 Å². The number of benzene rings is 10. The zero-order valence-corrected chi connectivity index (χ0v) is 35.3. The van der Waals surface area contributed by atoms with Gasteiger partial charge >= 0.3 is 0 Å². The highest BCUT2D eigenvalue weighted by Gasteiger charge is 2.23. The van der Waals surface area contributed by atoms with E-state index in [1.54, 1.807) is 0 Å². The van der Waals surface area contributed by atoms with Crippen LogP contribution in [0.4, 0.5) is 62.6 Å². The molecule has 0 heterocycles. The van der Waals surface area contributed by atoms with E-state index >= 15 is 0 Å². The van der Waals surface area contributed by atoms with Crippen LogP contribution in [0, 0.1) is 0 Å². The topological polar surface area (TPSA) is 21.8 Å². The molecule has 0 aromatic heterocycles. The van der Waals surface area contributed by atoms with Crippen molar-refractivity contribution in [2.24, 2.45) is 0 Å². The summed E-state index contributed by atoms with van der Waals surface area (Å²) in [5, 5.41) is 3.94. The summed E-state index contributed by atoms with van der Waals surface area (Å²) in [6, 6.07) is 96.6. The van der Waals surface area contributed by atoms with Crippen LogP contribution in [-0.4, -0.2) is 0 Å². The number of anilines is 11.